The fourth-order valence-electron chi connectivity index (χ4n) is 2.18. The maximum absolute atomic E-state index is 11.2. The van der Waals surface area contributed by atoms with Gasteiger partial charge in [0.15, 0.2) is 0 Å². The maximum atomic E-state index is 11.2. The summed E-state index contributed by atoms with van der Waals surface area (Å²) < 4.78 is 5.12. The molecule has 0 saturated heterocycles. The Labute approximate surface area is 134 Å². The first kappa shape index (κ1) is 16.3. The Bertz CT molecular complexity index is 632. The van der Waals surface area contributed by atoms with E-state index in [0.29, 0.717) is 30.4 Å². The van der Waals surface area contributed by atoms with E-state index in [1.807, 2.05) is 29.2 Å². The lowest BCUT2D eigenvalue weighted by Gasteiger charge is -2.24. The van der Waals surface area contributed by atoms with Gasteiger partial charge < -0.3 is 9.64 Å². The molecule has 2 aromatic carbocycles. The van der Waals surface area contributed by atoms with Crippen molar-refractivity contribution in [2.45, 2.75) is 6.54 Å². The molecule has 2 aromatic rings. The predicted octanol–water partition coefficient (Wildman–Crippen LogP) is 3.90. The largest absolute Gasteiger partial charge is 0.383 e. The SMILES string of the molecule is COCCN(Cc1ccc(Cl)cc1)c1ccccc1[N+](=O)[O-]. The van der Waals surface area contributed by atoms with Crippen LogP contribution in [0.3, 0.4) is 0 Å². The van der Waals surface area contributed by atoms with Gasteiger partial charge in [-0.3, -0.25) is 10.1 Å². The third-order valence-corrected chi connectivity index (χ3v) is 3.52. The van der Waals surface area contributed by atoms with Crippen molar-refractivity contribution in [1.82, 2.24) is 0 Å². The number of ether oxygens (including phenoxy) is 1. The fourth-order valence-corrected chi connectivity index (χ4v) is 2.31. The van der Waals surface area contributed by atoms with Crippen molar-refractivity contribution in [2.24, 2.45) is 0 Å². The highest BCUT2D eigenvalue weighted by Gasteiger charge is 2.18. The number of methoxy groups -OCH3 is 1. The van der Waals surface area contributed by atoms with E-state index in [1.54, 1.807) is 25.3 Å². The molecule has 0 saturated carbocycles. The van der Waals surface area contributed by atoms with Gasteiger partial charge in [-0.25, -0.2) is 0 Å². The molecule has 0 aliphatic carbocycles. The summed E-state index contributed by atoms with van der Waals surface area (Å²) in [5.74, 6) is 0. The normalized spacial score (nSPS) is 10.5. The fraction of sp³-hybridized carbons (Fsp3) is 0.250. The van der Waals surface area contributed by atoms with Crippen molar-refractivity contribution in [1.29, 1.82) is 0 Å². The summed E-state index contributed by atoms with van der Waals surface area (Å²) in [5.41, 5.74) is 1.70. The number of nitro groups is 1. The molecule has 6 heteroatoms. The van der Waals surface area contributed by atoms with Gasteiger partial charge in [0, 0.05) is 31.3 Å². The molecule has 0 bridgehead atoms. The number of halogens is 1. The Morgan fingerprint density at radius 2 is 1.86 bits per heavy atom. The van der Waals surface area contributed by atoms with E-state index in [-0.39, 0.29) is 10.6 Å². The minimum absolute atomic E-state index is 0.0903. The van der Waals surface area contributed by atoms with E-state index < -0.39 is 0 Å². The first-order valence-electron chi connectivity index (χ1n) is 6.83. The van der Waals surface area contributed by atoms with Crippen molar-refractivity contribution < 1.29 is 9.66 Å². The number of nitro benzene ring substituents is 1. The molecule has 0 unspecified atom stereocenters. The van der Waals surface area contributed by atoms with Gasteiger partial charge in [0.05, 0.1) is 11.5 Å². The average Bonchev–Trinajstić information content (AvgIpc) is 2.53. The van der Waals surface area contributed by atoms with Crippen molar-refractivity contribution in [2.75, 3.05) is 25.2 Å². The van der Waals surface area contributed by atoms with Crippen molar-refractivity contribution in [3.05, 3.63) is 69.2 Å². The van der Waals surface area contributed by atoms with Gasteiger partial charge in [-0.05, 0) is 23.8 Å². The lowest BCUT2D eigenvalue weighted by molar-refractivity contribution is -0.384. The molecular formula is C16H17ClN2O3. The highest BCUT2D eigenvalue weighted by atomic mass is 35.5. The summed E-state index contributed by atoms with van der Waals surface area (Å²) in [6, 6.07) is 14.2. The summed E-state index contributed by atoms with van der Waals surface area (Å²) in [4.78, 5) is 12.8. The average molecular weight is 321 g/mol. The highest BCUT2D eigenvalue weighted by Crippen LogP contribution is 2.28. The molecule has 2 rings (SSSR count). The van der Waals surface area contributed by atoms with Crippen LogP contribution in [0.2, 0.25) is 5.02 Å². The third-order valence-electron chi connectivity index (χ3n) is 3.27. The van der Waals surface area contributed by atoms with Crippen LogP contribution in [0, 0.1) is 10.1 Å². The first-order valence-corrected chi connectivity index (χ1v) is 7.21. The van der Waals surface area contributed by atoms with E-state index >= 15 is 0 Å². The van der Waals surface area contributed by atoms with E-state index in [9.17, 15) is 10.1 Å². The number of anilines is 1. The van der Waals surface area contributed by atoms with E-state index in [0.717, 1.165) is 5.56 Å². The molecule has 0 heterocycles. The molecule has 0 N–H and O–H groups in total. The van der Waals surface area contributed by atoms with Crippen LogP contribution in [-0.4, -0.2) is 25.2 Å². The van der Waals surface area contributed by atoms with Gasteiger partial charge in [-0.2, -0.15) is 0 Å². The predicted molar refractivity (Wildman–Crippen MR) is 87.5 cm³/mol. The molecule has 0 aromatic heterocycles. The van der Waals surface area contributed by atoms with Gasteiger partial charge in [0.2, 0.25) is 0 Å². The van der Waals surface area contributed by atoms with E-state index in [1.165, 1.54) is 6.07 Å². The van der Waals surface area contributed by atoms with E-state index in [2.05, 4.69) is 0 Å². The molecule has 22 heavy (non-hydrogen) atoms. The van der Waals surface area contributed by atoms with Gasteiger partial charge in [0.25, 0.3) is 5.69 Å². The van der Waals surface area contributed by atoms with Crippen molar-refractivity contribution in [3.63, 3.8) is 0 Å². The lowest BCUT2D eigenvalue weighted by Crippen LogP contribution is -2.27. The molecule has 0 spiro atoms. The number of hydrogen-bond donors (Lipinski definition) is 0. The van der Waals surface area contributed by atoms with Crippen LogP contribution < -0.4 is 4.90 Å². The first-order chi connectivity index (χ1) is 10.6. The van der Waals surface area contributed by atoms with Crippen LogP contribution in [0.5, 0.6) is 0 Å². The molecule has 116 valence electrons. The van der Waals surface area contributed by atoms with Crippen LogP contribution in [0.15, 0.2) is 48.5 Å². The van der Waals surface area contributed by atoms with Crippen LogP contribution in [0.4, 0.5) is 11.4 Å². The van der Waals surface area contributed by atoms with Crippen LogP contribution in [0.25, 0.3) is 0 Å². The molecule has 0 atom stereocenters. The number of nitrogens with zero attached hydrogens (tertiary/aromatic N) is 2. The zero-order valence-corrected chi connectivity index (χ0v) is 13.0. The number of para-hydroxylation sites is 2. The topological polar surface area (TPSA) is 55.6 Å². The zero-order valence-electron chi connectivity index (χ0n) is 12.2. The van der Waals surface area contributed by atoms with Crippen LogP contribution in [-0.2, 0) is 11.3 Å². The van der Waals surface area contributed by atoms with Crippen LogP contribution >= 0.6 is 11.6 Å². The van der Waals surface area contributed by atoms with Crippen LogP contribution in [0.1, 0.15) is 5.56 Å². The lowest BCUT2D eigenvalue weighted by atomic mass is 10.2. The summed E-state index contributed by atoms with van der Waals surface area (Å²) in [7, 11) is 1.61. The Morgan fingerprint density at radius 3 is 2.50 bits per heavy atom. The summed E-state index contributed by atoms with van der Waals surface area (Å²) in [5, 5.41) is 11.9. The molecular weight excluding hydrogens is 304 g/mol. The molecule has 5 nitrogen and oxygen atoms in total. The minimum atomic E-state index is -0.364. The number of hydrogen-bond acceptors (Lipinski definition) is 4. The Morgan fingerprint density at radius 1 is 1.18 bits per heavy atom. The molecule has 0 radical (unpaired) electrons. The minimum Gasteiger partial charge on any atom is -0.383 e. The number of benzene rings is 2. The Kier molecular flexibility index (Phi) is 5.75. The highest BCUT2D eigenvalue weighted by molar-refractivity contribution is 6.30. The monoisotopic (exact) mass is 320 g/mol. The number of rotatable bonds is 7. The molecule has 0 amide bonds. The summed E-state index contributed by atoms with van der Waals surface area (Å²) >= 11 is 5.89. The maximum Gasteiger partial charge on any atom is 0.292 e. The van der Waals surface area contributed by atoms with Gasteiger partial charge in [-0.1, -0.05) is 35.9 Å². The zero-order chi connectivity index (χ0) is 15.9. The summed E-state index contributed by atoms with van der Waals surface area (Å²) in [6.45, 7) is 1.59. The molecule has 0 aliphatic rings. The molecule has 0 aliphatic heterocycles. The Balaban J connectivity index is 2.29. The Hall–Kier alpha value is -2.11. The second-order valence-corrected chi connectivity index (χ2v) is 5.22. The van der Waals surface area contributed by atoms with Gasteiger partial charge in [0.1, 0.15) is 5.69 Å². The molecule has 0 fully saturated rings. The summed E-state index contributed by atoms with van der Waals surface area (Å²) in [6.07, 6.45) is 0. The smallest absolute Gasteiger partial charge is 0.292 e. The second-order valence-electron chi connectivity index (χ2n) is 4.79. The van der Waals surface area contributed by atoms with Crippen molar-refractivity contribution >= 4 is 23.0 Å². The third kappa shape index (κ3) is 4.19. The van der Waals surface area contributed by atoms with Crippen molar-refractivity contribution in [3.8, 4) is 0 Å². The quantitative estimate of drug-likeness (QED) is 0.573. The standard InChI is InChI=1S/C16H17ClN2O3/c1-22-11-10-18(12-13-6-8-14(17)9-7-13)15-4-2-3-5-16(15)19(20)21/h2-9H,10-12H2,1H3. The van der Waals surface area contributed by atoms with E-state index in [4.69, 9.17) is 16.3 Å². The van der Waals surface area contributed by atoms with Gasteiger partial charge >= 0.3 is 0 Å². The van der Waals surface area contributed by atoms with Gasteiger partial charge in [-0.15, -0.1) is 0 Å². The second kappa shape index (κ2) is 7.77.